The number of hydrogen-bond acceptors (Lipinski definition) is 5. The zero-order valence-electron chi connectivity index (χ0n) is 11.4. The predicted octanol–water partition coefficient (Wildman–Crippen LogP) is 2.02. The topological polar surface area (TPSA) is 64.6 Å². The Morgan fingerprint density at radius 3 is 2.37 bits per heavy atom. The maximum absolute atomic E-state index is 11.7. The van der Waals surface area contributed by atoms with Crippen LogP contribution in [0.25, 0.3) is 0 Å². The SMILES string of the molecule is CCOC(=O)[C@H](CC(C)=O)Nc1ccc(OC)cc1. The quantitative estimate of drug-likeness (QED) is 0.764. The molecule has 0 aromatic heterocycles. The molecule has 5 nitrogen and oxygen atoms in total. The monoisotopic (exact) mass is 265 g/mol. The van der Waals surface area contributed by atoms with Crippen LogP contribution >= 0.6 is 0 Å². The minimum absolute atomic E-state index is 0.0703. The smallest absolute Gasteiger partial charge is 0.329 e. The molecule has 19 heavy (non-hydrogen) atoms. The number of nitrogens with one attached hydrogen (secondary N) is 1. The summed E-state index contributed by atoms with van der Waals surface area (Å²) in [5.74, 6) is 0.234. The molecule has 1 N–H and O–H groups in total. The minimum Gasteiger partial charge on any atom is -0.497 e. The van der Waals surface area contributed by atoms with E-state index in [9.17, 15) is 9.59 Å². The molecule has 0 saturated heterocycles. The molecule has 0 aliphatic heterocycles. The molecule has 1 atom stereocenters. The summed E-state index contributed by atoms with van der Waals surface area (Å²) < 4.78 is 9.99. The first kappa shape index (κ1) is 15.0. The molecule has 0 radical (unpaired) electrons. The summed E-state index contributed by atoms with van der Waals surface area (Å²) in [5, 5.41) is 3.00. The molecule has 0 aliphatic rings. The lowest BCUT2D eigenvalue weighted by atomic mass is 10.1. The molecular weight excluding hydrogens is 246 g/mol. The highest BCUT2D eigenvalue weighted by molar-refractivity contribution is 5.87. The molecule has 0 amide bonds. The highest BCUT2D eigenvalue weighted by atomic mass is 16.5. The van der Waals surface area contributed by atoms with Crippen LogP contribution in [-0.4, -0.2) is 31.5 Å². The van der Waals surface area contributed by atoms with Crippen molar-refractivity contribution >= 4 is 17.4 Å². The van der Waals surface area contributed by atoms with Crippen LogP contribution in [0.5, 0.6) is 5.75 Å². The van der Waals surface area contributed by atoms with E-state index in [1.165, 1.54) is 6.92 Å². The zero-order valence-corrected chi connectivity index (χ0v) is 11.4. The molecule has 0 fully saturated rings. The van der Waals surface area contributed by atoms with Crippen LogP contribution < -0.4 is 10.1 Å². The Balaban J connectivity index is 2.74. The molecule has 0 unspecified atom stereocenters. The van der Waals surface area contributed by atoms with Crippen molar-refractivity contribution in [1.29, 1.82) is 0 Å². The summed E-state index contributed by atoms with van der Waals surface area (Å²) in [6.07, 6.45) is 0.102. The molecule has 1 aromatic carbocycles. The Labute approximate surface area is 112 Å². The van der Waals surface area contributed by atoms with Crippen LogP contribution in [0.2, 0.25) is 0 Å². The number of hydrogen-bond donors (Lipinski definition) is 1. The number of carbonyl (C=O) groups is 2. The van der Waals surface area contributed by atoms with Crippen LogP contribution in [0.3, 0.4) is 0 Å². The number of carbonyl (C=O) groups excluding carboxylic acids is 2. The van der Waals surface area contributed by atoms with Crippen molar-refractivity contribution in [3.63, 3.8) is 0 Å². The van der Waals surface area contributed by atoms with E-state index in [1.807, 2.05) is 0 Å². The Bertz CT molecular complexity index is 428. The normalized spacial score (nSPS) is 11.5. The fourth-order valence-electron chi connectivity index (χ4n) is 1.61. The first-order valence-corrected chi connectivity index (χ1v) is 6.13. The summed E-state index contributed by atoms with van der Waals surface area (Å²) in [5.41, 5.74) is 0.736. The van der Waals surface area contributed by atoms with Crippen molar-refractivity contribution in [2.24, 2.45) is 0 Å². The van der Waals surface area contributed by atoms with Crippen LogP contribution in [0, 0.1) is 0 Å². The molecule has 0 aliphatic carbocycles. The van der Waals surface area contributed by atoms with E-state index in [0.717, 1.165) is 11.4 Å². The first-order valence-electron chi connectivity index (χ1n) is 6.13. The Hall–Kier alpha value is -2.04. The third-order valence-electron chi connectivity index (χ3n) is 2.49. The van der Waals surface area contributed by atoms with Crippen molar-refractivity contribution in [2.75, 3.05) is 19.0 Å². The van der Waals surface area contributed by atoms with Gasteiger partial charge in [-0.1, -0.05) is 0 Å². The fraction of sp³-hybridized carbons (Fsp3) is 0.429. The summed E-state index contributed by atoms with van der Waals surface area (Å²) in [4.78, 5) is 22.9. The van der Waals surface area contributed by atoms with Crippen molar-refractivity contribution < 1.29 is 19.1 Å². The van der Waals surface area contributed by atoms with Gasteiger partial charge >= 0.3 is 5.97 Å². The van der Waals surface area contributed by atoms with Crippen molar-refractivity contribution in [3.8, 4) is 5.75 Å². The van der Waals surface area contributed by atoms with Gasteiger partial charge in [-0.05, 0) is 38.1 Å². The van der Waals surface area contributed by atoms with Gasteiger partial charge in [0.1, 0.15) is 17.6 Å². The maximum atomic E-state index is 11.7. The van der Waals surface area contributed by atoms with Gasteiger partial charge in [0.25, 0.3) is 0 Å². The van der Waals surface area contributed by atoms with Crippen molar-refractivity contribution in [1.82, 2.24) is 0 Å². The molecule has 0 spiro atoms. The van der Waals surface area contributed by atoms with E-state index in [4.69, 9.17) is 9.47 Å². The largest absolute Gasteiger partial charge is 0.497 e. The minimum atomic E-state index is -0.661. The van der Waals surface area contributed by atoms with Gasteiger partial charge in [-0.25, -0.2) is 4.79 Å². The first-order chi connectivity index (χ1) is 9.06. The lowest BCUT2D eigenvalue weighted by Crippen LogP contribution is -2.33. The molecular formula is C14H19NO4. The number of ether oxygens (including phenoxy) is 2. The Kier molecular flexibility index (Phi) is 5.85. The molecule has 5 heteroatoms. The standard InChI is InChI=1S/C14H19NO4/c1-4-19-14(17)13(9-10(2)16)15-11-5-7-12(18-3)8-6-11/h5-8,13,15H,4,9H2,1-3H3/t13-/m0/s1. The molecule has 0 bridgehead atoms. The van der Waals surface area contributed by atoms with Crippen molar-refractivity contribution in [2.45, 2.75) is 26.3 Å². The van der Waals surface area contributed by atoms with Crippen LogP contribution in [-0.2, 0) is 14.3 Å². The van der Waals surface area contributed by atoms with Crippen LogP contribution in [0.1, 0.15) is 20.3 Å². The Morgan fingerprint density at radius 1 is 1.26 bits per heavy atom. The van der Waals surface area contributed by atoms with E-state index < -0.39 is 12.0 Å². The molecule has 0 saturated carbocycles. The van der Waals surface area contributed by atoms with Crippen molar-refractivity contribution in [3.05, 3.63) is 24.3 Å². The van der Waals surface area contributed by atoms with E-state index in [0.29, 0.717) is 0 Å². The van der Waals surface area contributed by atoms with E-state index in [-0.39, 0.29) is 18.8 Å². The third kappa shape index (κ3) is 4.99. The van der Waals surface area contributed by atoms with Gasteiger partial charge < -0.3 is 14.8 Å². The number of methoxy groups -OCH3 is 1. The van der Waals surface area contributed by atoms with Gasteiger partial charge in [-0.2, -0.15) is 0 Å². The highest BCUT2D eigenvalue weighted by Crippen LogP contribution is 2.17. The van der Waals surface area contributed by atoms with Gasteiger partial charge in [0.15, 0.2) is 0 Å². The fourth-order valence-corrected chi connectivity index (χ4v) is 1.61. The van der Waals surface area contributed by atoms with E-state index in [1.54, 1.807) is 38.3 Å². The van der Waals surface area contributed by atoms with Gasteiger partial charge in [0.05, 0.1) is 13.7 Å². The number of benzene rings is 1. The van der Waals surface area contributed by atoms with E-state index >= 15 is 0 Å². The number of esters is 1. The lowest BCUT2D eigenvalue weighted by molar-refractivity contribution is -0.145. The molecule has 1 aromatic rings. The molecule has 104 valence electrons. The number of ketones is 1. The van der Waals surface area contributed by atoms with E-state index in [2.05, 4.69) is 5.32 Å². The number of anilines is 1. The average Bonchev–Trinajstić information content (AvgIpc) is 2.38. The lowest BCUT2D eigenvalue weighted by Gasteiger charge is -2.17. The molecule has 0 heterocycles. The number of rotatable bonds is 7. The van der Waals surface area contributed by atoms with Gasteiger partial charge in [0, 0.05) is 12.1 Å². The summed E-state index contributed by atoms with van der Waals surface area (Å²) in [6, 6.07) is 6.46. The molecule has 1 rings (SSSR count). The predicted molar refractivity (Wildman–Crippen MR) is 72.3 cm³/mol. The average molecular weight is 265 g/mol. The van der Waals surface area contributed by atoms with Crippen LogP contribution in [0.15, 0.2) is 24.3 Å². The summed E-state index contributed by atoms with van der Waals surface area (Å²) in [6.45, 7) is 3.47. The summed E-state index contributed by atoms with van der Waals surface area (Å²) >= 11 is 0. The second kappa shape index (κ2) is 7.41. The highest BCUT2D eigenvalue weighted by Gasteiger charge is 2.21. The number of Topliss-reactive ketones (excluding diaryl/α,β-unsaturated/α-hetero) is 1. The maximum Gasteiger partial charge on any atom is 0.329 e. The summed E-state index contributed by atoms with van der Waals surface area (Å²) in [7, 11) is 1.58. The van der Waals surface area contributed by atoms with Crippen LogP contribution in [0.4, 0.5) is 5.69 Å². The van der Waals surface area contributed by atoms with Gasteiger partial charge in [-0.15, -0.1) is 0 Å². The van der Waals surface area contributed by atoms with Gasteiger partial charge in [0.2, 0.25) is 0 Å². The van der Waals surface area contributed by atoms with Gasteiger partial charge in [-0.3, -0.25) is 4.79 Å². The Morgan fingerprint density at radius 2 is 1.89 bits per heavy atom. The second-order valence-electron chi connectivity index (χ2n) is 4.08. The zero-order chi connectivity index (χ0) is 14.3. The third-order valence-corrected chi connectivity index (χ3v) is 2.49. The second-order valence-corrected chi connectivity index (χ2v) is 4.08.